The van der Waals surface area contributed by atoms with E-state index in [-0.39, 0.29) is 6.10 Å². The monoisotopic (exact) mass is 276 g/mol. The number of allylic oxidation sites excluding steroid dienone is 3. The first-order chi connectivity index (χ1) is 9.24. The van der Waals surface area contributed by atoms with E-state index in [1.165, 1.54) is 5.31 Å². The van der Waals surface area contributed by atoms with Crippen molar-refractivity contribution in [1.82, 2.24) is 9.88 Å². The Morgan fingerprint density at radius 3 is 2.95 bits per heavy atom. The van der Waals surface area contributed by atoms with Gasteiger partial charge in [0.1, 0.15) is 0 Å². The van der Waals surface area contributed by atoms with Gasteiger partial charge in [0.25, 0.3) is 0 Å². The lowest BCUT2D eigenvalue weighted by molar-refractivity contribution is 0.128. The van der Waals surface area contributed by atoms with E-state index < -0.39 is 0 Å². The van der Waals surface area contributed by atoms with Crippen molar-refractivity contribution in [3.63, 3.8) is 0 Å². The van der Waals surface area contributed by atoms with Crippen LogP contribution in [0.15, 0.2) is 47.9 Å². The molecule has 0 radical (unpaired) electrons. The number of hydrogen-bond acceptors (Lipinski definition) is 3. The van der Waals surface area contributed by atoms with Gasteiger partial charge in [0.2, 0.25) is 0 Å². The maximum atomic E-state index is 9.64. The van der Waals surface area contributed by atoms with E-state index in [4.69, 9.17) is 0 Å². The van der Waals surface area contributed by atoms with Gasteiger partial charge >= 0.3 is 0 Å². The van der Waals surface area contributed by atoms with Gasteiger partial charge in [0.15, 0.2) is 0 Å². The summed E-state index contributed by atoms with van der Waals surface area (Å²) in [7, 11) is 0.873. The van der Waals surface area contributed by atoms with E-state index in [0.29, 0.717) is 6.54 Å². The van der Waals surface area contributed by atoms with Gasteiger partial charge < -0.3 is 5.11 Å². The zero-order valence-electron chi connectivity index (χ0n) is 11.3. The van der Waals surface area contributed by atoms with Crippen LogP contribution in [0.2, 0.25) is 0 Å². The molecule has 0 fully saturated rings. The van der Waals surface area contributed by atoms with Gasteiger partial charge in [0.05, 0.1) is 11.8 Å². The SMILES string of the molecule is CC(O)CN(CC1=CC=CCP1)Cc1ccccn1. The summed E-state index contributed by atoms with van der Waals surface area (Å²) < 4.78 is 0. The molecule has 1 aromatic heterocycles. The molecule has 0 spiro atoms. The average Bonchev–Trinajstić information content (AvgIpc) is 2.40. The number of hydrogen-bond donors (Lipinski definition) is 1. The second kappa shape index (κ2) is 7.54. The highest BCUT2D eigenvalue weighted by molar-refractivity contribution is 7.43. The fourth-order valence-corrected chi connectivity index (χ4v) is 3.20. The molecular weight excluding hydrogens is 255 g/mol. The minimum Gasteiger partial charge on any atom is -0.392 e. The number of nitrogens with zero attached hydrogens (tertiary/aromatic N) is 2. The van der Waals surface area contributed by atoms with Crippen molar-refractivity contribution in [2.45, 2.75) is 19.6 Å². The predicted octanol–water partition coefficient (Wildman–Crippen LogP) is 2.40. The third-order valence-corrected chi connectivity index (χ3v) is 4.13. The van der Waals surface area contributed by atoms with Crippen molar-refractivity contribution in [1.29, 1.82) is 0 Å². The largest absolute Gasteiger partial charge is 0.392 e. The van der Waals surface area contributed by atoms with Gasteiger partial charge in [-0.2, -0.15) is 0 Å². The molecule has 2 heterocycles. The fourth-order valence-electron chi connectivity index (χ4n) is 2.13. The normalized spacial score (nSPS) is 17.7. The molecule has 1 aliphatic heterocycles. The number of aliphatic hydroxyl groups excluding tert-OH is 1. The zero-order valence-corrected chi connectivity index (χ0v) is 12.3. The minimum absolute atomic E-state index is 0.313. The summed E-state index contributed by atoms with van der Waals surface area (Å²) in [4.78, 5) is 6.63. The van der Waals surface area contributed by atoms with Crippen LogP contribution in [-0.4, -0.2) is 40.3 Å². The molecule has 1 aromatic rings. The highest BCUT2D eigenvalue weighted by atomic mass is 31.1. The maximum Gasteiger partial charge on any atom is 0.0639 e. The summed E-state index contributed by atoms with van der Waals surface area (Å²) in [5.74, 6) is 0. The van der Waals surface area contributed by atoms with Crippen LogP contribution < -0.4 is 0 Å². The van der Waals surface area contributed by atoms with Crippen molar-refractivity contribution >= 4 is 8.58 Å². The molecule has 0 amide bonds. The first-order valence-electron chi connectivity index (χ1n) is 6.64. The summed E-state index contributed by atoms with van der Waals surface area (Å²) in [5, 5.41) is 11.1. The highest BCUT2D eigenvalue weighted by Crippen LogP contribution is 2.27. The average molecular weight is 276 g/mol. The first-order valence-corrected chi connectivity index (χ1v) is 7.84. The maximum absolute atomic E-state index is 9.64. The van der Waals surface area contributed by atoms with Gasteiger partial charge in [-0.25, -0.2) is 0 Å². The lowest BCUT2D eigenvalue weighted by atomic mass is 10.3. The molecule has 2 atom stereocenters. The molecule has 1 aliphatic rings. The minimum atomic E-state index is -0.313. The van der Waals surface area contributed by atoms with Gasteiger partial charge in [-0.05, 0) is 30.5 Å². The van der Waals surface area contributed by atoms with Crippen LogP contribution in [0.25, 0.3) is 0 Å². The molecule has 0 bridgehead atoms. The Morgan fingerprint density at radius 2 is 2.32 bits per heavy atom. The summed E-state index contributed by atoms with van der Waals surface area (Å²) >= 11 is 0. The molecular formula is C15H21N2OP. The Bertz CT molecular complexity index is 443. The quantitative estimate of drug-likeness (QED) is 0.811. The second-order valence-corrected chi connectivity index (χ2v) is 6.24. The van der Waals surface area contributed by atoms with E-state index in [1.54, 1.807) is 0 Å². The second-order valence-electron chi connectivity index (χ2n) is 4.84. The molecule has 102 valence electrons. The lowest BCUT2D eigenvalue weighted by Crippen LogP contribution is -2.32. The molecule has 2 unspecified atom stereocenters. The Kier molecular flexibility index (Phi) is 5.71. The van der Waals surface area contributed by atoms with Gasteiger partial charge in [-0.1, -0.05) is 32.9 Å². The van der Waals surface area contributed by atoms with E-state index in [1.807, 2.05) is 31.3 Å². The third kappa shape index (κ3) is 5.23. The van der Waals surface area contributed by atoms with Crippen LogP contribution in [0.4, 0.5) is 0 Å². The number of aromatic nitrogens is 1. The van der Waals surface area contributed by atoms with Crippen molar-refractivity contribution in [2.24, 2.45) is 0 Å². The van der Waals surface area contributed by atoms with Crippen molar-refractivity contribution in [2.75, 3.05) is 19.3 Å². The molecule has 4 heteroatoms. The predicted molar refractivity (Wildman–Crippen MR) is 81.6 cm³/mol. The summed E-state index contributed by atoms with van der Waals surface area (Å²) in [6.07, 6.45) is 9.20. The standard InChI is InChI=1S/C15H21N2OP/c1-13(18)10-17(11-14-6-2-4-8-16-14)12-15-7-3-5-9-19-15/h2-8,13,18-19H,9-12H2,1H3. The van der Waals surface area contributed by atoms with Crippen LogP contribution in [0.1, 0.15) is 12.6 Å². The molecule has 0 aromatic carbocycles. The molecule has 0 aliphatic carbocycles. The number of aliphatic hydroxyl groups is 1. The van der Waals surface area contributed by atoms with Crippen LogP contribution in [0.5, 0.6) is 0 Å². The molecule has 19 heavy (non-hydrogen) atoms. The number of rotatable bonds is 6. The third-order valence-electron chi connectivity index (χ3n) is 2.91. The van der Waals surface area contributed by atoms with E-state index in [2.05, 4.69) is 28.1 Å². The highest BCUT2D eigenvalue weighted by Gasteiger charge is 2.12. The zero-order chi connectivity index (χ0) is 13.5. The summed E-state index contributed by atoms with van der Waals surface area (Å²) in [6.45, 7) is 4.23. The van der Waals surface area contributed by atoms with Crippen LogP contribution in [-0.2, 0) is 6.54 Å². The molecule has 3 nitrogen and oxygen atoms in total. The van der Waals surface area contributed by atoms with Crippen LogP contribution in [0.3, 0.4) is 0 Å². The fraction of sp³-hybridized carbons (Fsp3) is 0.400. The van der Waals surface area contributed by atoms with Gasteiger partial charge in [-0.15, -0.1) is 0 Å². The Labute approximate surface area is 116 Å². The van der Waals surface area contributed by atoms with Crippen molar-refractivity contribution in [3.8, 4) is 0 Å². The lowest BCUT2D eigenvalue weighted by Gasteiger charge is -2.25. The van der Waals surface area contributed by atoms with Crippen molar-refractivity contribution < 1.29 is 5.11 Å². The summed E-state index contributed by atoms with van der Waals surface area (Å²) in [6, 6.07) is 5.97. The number of pyridine rings is 1. The van der Waals surface area contributed by atoms with Crippen LogP contribution >= 0.6 is 8.58 Å². The molecule has 1 N–H and O–H groups in total. The Morgan fingerprint density at radius 1 is 1.42 bits per heavy atom. The Hall–Kier alpha value is -1.02. The smallest absolute Gasteiger partial charge is 0.0639 e. The Balaban J connectivity index is 1.99. The van der Waals surface area contributed by atoms with E-state index in [9.17, 15) is 5.11 Å². The molecule has 0 saturated carbocycles. The van der Waals surface area contributed by atoms with Crippen LogP contribution in [0, 0.1) is 0 Å². The van der Waals surface area contributed by atoms with Gasteiger partial charge in [0, 0.05) is 25.8 Å². The van der Waals surface area contributed by atoms with E-state index >= 15 is 0 Å². The topological polar surface area (TPSA) is 36.4 Å². The molecule has 2 rings (SSSR count). The van der Waals surface area contributed by atoms with Crippen molar-refractivity contribution in [3.05, 3.63) is 53.6 Å². The molecule has 0 saturated heterocycles. The van der Waals surface area contributed by atoms with Gasteiger partial charge in [-0.3, -0.25) is 9.88 Å². The van der Waals surface area contributed by atoms with E-state index in [0.717, 1.165) is 33.5 Å². The first kappa shape index (κ1) is 14.4. The summed E-state index contributed by atoms with van der Waals surface area (Å²) in [5.41, 5.74) is 1.05.